The predicted molar refractivity (Wildman–Crippen MR) is 116 cm³/mol. The molecule has 4 rings (SSSR count). The fourth-order valence-corrected chi connectivity index (χ4v) is 4.40. The Balaban J connectivity index is 1.91. The van der Waals surface area contributed by atoms with Gasteiger partial charge in [-0.2, -0.15) is 5.26 Å². The minimum absolute atomic E-state index is 0.0170. The van der Waals surface area contributed by atoms with E-state index in [1.54, 1.807) is 0 Å². The Morgan fingerprint density at radius 3 is 2.73 bits per heavy atom. The lowest BCUT2D eigenvalue weighted by atomic mass is 10.0. The molecule has 0 aliphatic heterocycles. The number of carbonyl (C=O) groups is 2. The average Bonchev–Trinajstić information content (AvgIpc) is 3.27. The minimum atomic E-state index is -1.45. The standard InChI is InChI=1S/C19H12ClN7O5S/c1-27-13(19(31)32-26-27)10-7(5-21)15(23)25-17-11(10)12(22)14(33-17)16(28)24-9-4-6(18(29)30)2-3-8(9)20/h2-4H,1H3,(H6-,22,23,24,25,26,28,29,30,31). The van der Waals surface area contributed by atoms with E-state index in [1.165, 1.54) is 23.9 Å². The van der Waals surface area contributed by atoms with Crippen molar-refractivity contribution in [2.45, 2.75) is 0 Å². The third-order valence-corrected chi connectivity index (χ3v) is 6.14. The Morgan fingerprint density at radius 2 is 2.12 bits per heavy atom. The quantitative estimate of drug-likeness (QED) is 0.294. The van der Waals surface area contributed by atoms with Gasteiger partial charge in [-0.05, 0) is 23.0 Å². The number of H-pyrrole nitrogens is 1. The zero-order chi connectivity index (χ0) is 24.0. The number of thiophene rings is 1. The first-order valence-electron chi connectivity index (χ1n) is 8.95. The molecule has 12 nitrogen and oxygen atoms in total. The second kappa shape index (κ2) is 7.93. The maximum atomic E-state index is 13.0. The summed E-state index contributed by atoms with van der Waals surface area (Å²) in [7, 11) is 1.48. The molecule has 4 aromatic rings. The van der Waals surface area contributed by atoms with E-state index in [9.17, 15) is 24.8 Å². The highest BCUT2D eigenvalue weighted by Gasteiger charge is 2.32. The van der Waals surface area contributed by atoms with Gasteiger partial charge in [0.15, 0.2) is 7.05 Å². The number of nitrogens with one attached hydrogen (secondary N) is 2. The van der Waals surface area contributed by atoms with Gasteiger partial charge in [-0.15, -0.1) is 11.3 Å². The number of rotatable bonds is 4. The molecule has 0 radical (unpaired) electrons. The van der Waals surface area contributed by atoms with Crippen molar-refractivity contribution in [3.63, 3.8) is 0 Å². The van der Waals surface area contributed by atoms with Crippen LogP contribution in [0.5, 0.6) is 0 Å². The van der Waals surface area contributed by atoms with Crippen LogP contribution in [0, 0.1) is 11.3 Å². The first kappa shape index (κ1) is 21.8. The summed E-state index contributed by atoms with van der Waals surface area (Å²) in [6.45, 7) is 0. The number of pyridine rings is 1. The summed E-state index contributed by atoms with van der Waals surface area (Å²) in [4.78, 5) is 40.7. The highest BCUT2D eigenvalue weighted by atomic mass is 35.5. The van der Waals surface area contributed by atoms with Crippen molar-refractivity contribution < 1.29 is 23.9 Å². The van der Waals surface area contributed by atoms with Crippen LogP contribution < -0.4 is 32.2 Å². The molecule has 0 fully saturated rings. The molecule has 33 heavy (non-hydrogen) atoms. The van der Waals surface area contributed by atoms with Gasteiger partial charge >= 0.3 is 11.3 Å². The summed E-state index contributed by atoms with van der Waals surface area (Å²) in [5, 5.41) is 25.8. The van der Waals surface area contributed by atoms with Crippen molar-refractivity contribution in [2.75, 3.05) is 16.8 Å². The number of aromatic nitrogens is 3. The first-order chi connectivity index (χ1) is 15.6. The number of hydrogen-bond donors (Lipinski definition) is 4. The fraction of sp³-hybridized carbons (Fsp3) is 0.0526. The molecular formula is C19H12ClN7O5S. The Kier molecular flexibility index (Phi) is 5.24. The van der Waals surface area contributed by atoms with Crippen molar-refractivity contribution in [1.29, 1.82) is 5.26 Å². The molecule has 0 unspecified atom stereocenters. The molecule has 0 spiro atoms. The number of nitriles is 1. The number of carboxylic acid groups (broad SMARTS) is 1. The number of amides is 1. The Morgan fingerprint density at radius 1 is 1.39 bits per heavy atom. The van der Waals surface area contributed by atoms with Crippen molar-refractivity contribution in [2.24, 2.45) is 7.05 Å². The van der Waals surface area contributed by atoms with Crippen LogP contribution in [0.3, 0.4) is 0 Å². The van der Waals surface area contributed by atoms with Crippen LogP contribution in [-0.2, 0) is 7.05 Å². The van der Waals surface area contributed by atoms with Gasteiger partial charge < -0.3 is 26.7 Å². The Hall–Kier alpha value is -4.41. The van der Waals surface area contributed by atoms with E-state index in [0.717, 1.165) is 17.4 Å². The molecule has 3 aromatic heterocycles. The average molecular weight is 486 g/mol. The zero-order valence-electron chi connectivity index (χ0n) is 16.6. The van der Waals surface area contributed by atoms with E-state index in [4.69, 9.17) is 27.6 Å². The maximum absolute atomic E-state index is 13.0. The highest BCUT2D eigenvalue weighted by Crippen LogP contribution is 2.41. The van der Waals surface area contributed by atoms with Gasteiger partial charge in [0.25, 0.3) is 5.91 Å². The number of anilines is 3. The van der Waals surface area contributed by atoms with Crippen LogP contribution >= 0.6 is 22.9 Å². The van der Waals surface area contributed by atoms with E-state index < -0.39 is 17.5 Å². The van der Waals surface area contributed by atoms with Crippen molar-refractivity contribution in [1.82, 2.24) is 10.3 Å². The van der Waals surface area contributed by atoms with Gasteiger partial charge in [0, 0.05) is 0 Å². The van der Waals surface area contributed by atoms with Crippen LogP contribution in [0.1, 0.15) is 25.6 Å². The zero-order valence-corrected chi connectivity index (χ0v) is 18.1. The van der Waals surface area contributed by atoms with Gasteiger partial charge in [0.05, 0.1) is 33.3 Å². The summed E-state index contributed by atoms with van der Waals surface area (Å²) >= 11 is 6.93. The van der Waals surface area contributed by atoms with Gasteiger partial charge in [0.1, 0.15) is 27.2 Å². The molecule has 166 valence electrons. The summed E-state index contributed by atoms with van der Waals surface area (Å²) in [5.74, 6) is -2.34. The fourth-order valence-electron chi connectivity index (χ4n) is 3.23. The molecule has 0 aliphatic carbocycles. The summed E-state index contributed by atoms with van der Waals surface area (Å²) in [6, 6.07) is 5.56. The summed E-state index contributed by atoms with van der Waals surface area (Å²) in [5.41, 5.74) is 11.0. The largest absolute Gasteiger partial charge is 0.545 e. The number of halogens is 1. The molecule has 0 atom stereocenters. The number of hydrogen-bond acceptors (Lipinski definition) is 10. The summed E-state index contributed by atoms with van der Waals surface area (Å²) < 4.78 is 6.02. The number of aromatic carboxylic acids is 1. The number of carboxylic acids is 1. The van der Waals surface area contributed by atoms with Gasteiger partial charge in [0.2, 0.25) is 0 Å². The number of nitrogens with zero attached hydrogens (tertiary/aromatic N) is 3. The van der Waals surface area contributed by atoms with E-state index in [2.05, 4.69) is 15.6 Å². The second-order valence-electron chi connectivity index (χ2n) is 6.71. The SMILES string of the molecule is C[n+]1[nH]oc(=O)c1-c1c(C#N)c(N)nc2sc(C(=O)Nc3cc(C(=O)[O-])ccc3Cl)c(N)c12. The predicted octanol–water partition coefficient (Wildman–Crippen LogP) is 0.374. The van der Waals surface area contributed by atoms with Crippen LogP contribution in [0.25, 0.3) is 21.5 Å². The molecule has 0 aliphatic rings. The molecule has 6 N–H and O–H groups in total. The number of carbonyl (C=O) groups excluding carboxylic acids is 2. The second-order valence-corrected chi connectivity index (χ2v) is 8.11. The number of aromatic amines is 1. The van der Waals surface area contributed by atoms with Crippen LogP contribution in [0.15, 0.2) is 27.5 Å². The van der Waals surface area contributed by atoms with Crippen LogP contribution in [0.2, 0.25) is 5.02 Å². The molecule has 0 saturated carbocycles. The normalized spacial score (nSPS) is 10.8. The lowest BCUT2D eigenvalue weighted by Gasteiger charge is -2.10. The third kappa shape index (κ3) is 3.53. The third-order valence-electron chi connectivity index (χ3n) is 4.71. The molecular weight excluding hydrogens is 474 g/mol. The van der Waals surface area contributed by atoms with E-state index in [0.29, 0.717) is 0 Å². The molecule has 3 heterocycles. The minimum Gasteiger partial charge on any atom is -0.545 e. The van der Waals surface area contributed by atoms with Crippen molar-refractivity contribution in [3.05, 3.63) is 49.6 Å². The van der Waals surface area contributed by atoms with Crippen molar-refractivity contribution in [3.8, 4) is 17.3 Å². The van der Waals surface area contributed by atoms with E-state index >= 15 is 0 Å². The molecule has 0 saturated heterocycles. The Bertz CT molecular complexity index is 1580. The number of nitrogens with two attached hydrogens (primary N) is 2. The number of fused-ring (bicyclic) bond motifs is 1. The van der Waals surface area contributed by atoms with Gasteiger partial charge in [-0.3, -0.25) is 9.32 Å². The van der Waals surface area contributed by atoms with Crippen LogP contribution in [-0.4, -0.2) is 22.1 Å². The maximum Gasteiger partial charge on any atom is 0.435 e. The van der Waals surface area contributed by atoms with Gasteiger partial charge in [-0.1, -0.05) is 22.3 Å². The van der Waals surface area contributed by atoms with Crippen molar-refractivity contribution >= 4 is 62.2 Å². The smallest absolute Gasteiger partial charge is 0.435 e. The molecule has 1 aromatic carbocycles. The highest BCUT2D eigenvalue weighted by molar-refractivity contribution is 7.21. The Labute approximate surface area is 192 Å². The topological polar surface area (TPSA) is 208 Å². The van der Waals surface area contributed by atoms with Gasteiger partial charge in [-0.25, -0.2) is 9.78 Å². The summed E-state index contributed by atoms with van der Waals surface area (Å²) in [6.07, 6.45) is 0. The molecule has 0 bridgehead atoms. The van der Waals surface area contributed by atoms with Crippen LogP contribution in [0.4, 0.5) is 17.2 Å². The van der Waals surface area contributed by atoms with E-state index in [1.807, 2.05) is 6.07 Å². The number of benzene rings is 1. The molecule has 14 heteroatoms. The number of aryl methyl sites for hydroxylation is 1. The monoisotopic (exact) mass is 485 g/mol. The molecule has 1 amide bonds. The number of nitrogen functional groups attached to an aromatic ring is 2. The van der Waals surface area contributed by atoms with E-state index in [-0.39, 0.29) is 59.7 Å². The first-order valence-corrected chi connectivity index (χ1v) is 10.1. The lowest BCUT2D eigenvalue weighted by Crippen LogP contribution is -2.34. The lowest BCUT2D eigenvalue weighted by molar-refractivity contribution is -0.730.